The predicted octanol–water partition coefficient (Wildman–Crippen LogP) is 10.9. The van der Waals surface area contributed by atoms with Gasteiger partial charge in [0.25, 0.3) is 0 Å². The first kappa shape index (κ1) is 24.4. The Morgan fingerprint density at radius 3 is 1.64 bits per heavy atom. The van der Waals surface area contributed by atoms with Crippen molar-refractivity contribution in [3.05, 3.63) is 152 Å². The van der Waals surface area contributed by atoms with Crippen LogP contribution < -0.4 is 0 Å². The number of fused-ring (bicyclic) bond motifs is 8. The molecule has 0 N–H and O–H groups in total. The van der Waals surface area contributed by atoms with Crippen LogP contribution in [-0.2, 0) is 0 Å². The van der Waals surface area contributed by atoms with E-state index in [1.54, 1.807) is 0 Å². The molecule has 4 aromatic heterocycles. The maximum atomic E-state index is 4.92. The number of nitrogens with zero attached hydrogens (tertiary/aromatic N) is 3. The molecule has 10 rings (SSSR count). The van der Waals surface area contributed by atoms with Gasteiger partial charge in [-0.1, -0.05) is 103 Å². The third kappa shape index (κ3) is 3.41. The molecule has 0 saturated heterocycles. The van der Waals surface area contributed by atoms with Crippen molar-refractivity contribution in [1.82, 2.24) is 14.4 Å². The zero-order chi connectivity index (χ0) is 29.5. The van der Waals surface area contributed by atoms with Crippen LogP contribution in [0.15, 0.2) is 152 Å². The third-order valence-electron chi connectivity index (χ3n) is 9.40. The van der Waals surface area contributed by atoms with Crippen molar-refractivity contribution in [2.45, 2.75) is 0 Å². The first-order valence-electron chi connectivity index (χ1n) is 15.3. The Morgan fingerprint density at radius 1 is 0.400 bits per heavy atom. The van der Waals surface area contributed by atoms with Crippen LogP contribution >= 0.6 is 0 Å². The van der Waals surface area contributed by atoms with E-state index in [2.05, 4.69) is 132 Å². The van der Waals surface area contributed by atoms with Crippen LogP contribution in [0.25, 0.3) is 93.3 Å². The number of hydrogen-bond donors (Lipinski definition) is 0. The summed E-state index contributed by atoms with van der Waals surface area (Å²) in [5, 5.41) is 9.84. The molecule has 0 radical (unpaired) electrons. The Hall–Kier alpha value is -6.06. The predicted molar refractivity (Wildman–Crippen MR) is 188 cm³/mol. The molecule has 0 aliphatic carbocycles. The van der Waals surface area contributed by atoms with Gasteiger partial charge in [0.15, 0.2) is 0 Å². The lowest BCUT2D eigenvalue weighted by atomic mass is 9.85. The molecule has 10 aromatic rings. The summed E-state index contributed by atoms with van der Waals surface area (Å²) < 4.78 is 2.34. The quantitative estimate of drug-likeness (QED) is 0.197. The highest BCUT2D eigenvalue weighted by molar-refractivity contribution is 6.27. The maximum Gasteiger partial charge on any atom is 0.145 e. The van der Waals surface area contributed by atoms with E-state index in [1.165, 1.54) is 70.8 Å². The molecule has 0 unspecified atom stereocenters. The molecular weight excluding hydrogens is 546 g/mol. The summed E-state index contributed by atoms with van der Waals surface area (Å²) in [4.78, 5) is 9.77. The van der Waals surface area contributed by atoms with Crippen LogP contribution in [0, 0.1) is 0 Å². The lowest BCUT2D eigenvalue weighted by Crippen LogP contribution is -1.92. The topological polar surface area (TPSA) is 30.2 Å². The van der Waals surface area contributed by atoms with Gasteiger partial charge in [-0.25, -0.2) is 4.98 Å². The zero-order valence-corrected chi connectivity index (χ0v) is 24.3. The lowest BCUT2D eigenvalue weighted by molar-refractivity contribution is 1.27. The number of rotatable bonds is 3. The summed E-state index contributed by atoms with van der Waals surface area (Å²) in [5.41, 5.74) is 10.3. The van der Waals surface area contributed by atoms with E-state index in [-0.39, 0.29) is 0 Å². The number of aromatic nitrogens is 3. The molecule has 3 nitrogen and oxygen atoms in total. The monoisotopic (exact) mass is 571 g/mol. The minimum atomic E-state index is 0.977. The van der Waals surface area contributed by atoms with Crippen molar-refractivity contribution in [2.75, 3.05) is 0 Å². The third-order valence-corrected chi connectivity index (χ3v) is 9.40. The lowest BCUT2D eigenvalue weighted by Gasteiger charge is -2.18. The molecule has 0 aliphatic heterocycles. The van der Waals surface area contributed by atoms with E-state index in [9.17, 15) is 0 Å². The van der Waals surface area contributed by atoms with Gasteiger partial charge in [-0.15, -0.1) is 0 Å². The van der Waals surface area contributed by atoms with Crippen LogP contribution in [0.5, 0.6) is 0 Å². The minimum absolute atomic E-state index is 0.977. The van der Waals surface area contributed by atoms with Gasteiger partial charge in [0.1, 0.15) is 5.65 Å². The first-order valence-corrected chi connectivity index (χ1v) is 15.3. The van der Waals surface area contributed by atoms with Crippen LogP contribution in [0.3, 0.4) is 0 Å². The fourth-order valence-corrected chi connectivity index (χ4v) is 7.52. The van der Waals surface area contributed by atoms with Crippen molar-refractivity contribution in [1.29, 1.82) is 0 Å². The molecule has 208 valence electrons. The second-order valence-corrected chi connectivity index (χ2v) is 11.8. The highest BCUT2D eigenvalue weighted by Crippen LogP contribution is 2.47. The summed E-state index contributed by atoms with van der Waals surface area (Å²) in [6, 6.07) is 50.1. The van der Waals surface area contributed by atoms with Crippen molar-refractivity contribution in [2.24, 2.45) is 0 Å². The summed E-state index contributed by atoms with van der Waals surface area (Å²) >= 11 is 0. The smallest absolute Gasteiger partial charge is 0.145 e. The molecule has 0 bridgehead atoms. The van der Waals surface area contributed by atoms with Gasteiger partial charge < -0.3 is 0 Å². The van der Waals surface area contributed by atoms with Gasteiger partial charge in [-0.05, 0) is 74.6 Å². The molecule has 6 aromatic carbocycles. The minimum Gasteiger partial charge on any atom is -0.293 e. The van der Waals surface area contributed by atoms with Crippen molar-refractivity contribution in [3.63, 3.8) is 0 Å². The van der Waals surface area contributed by atoms with E-state index in [0.717, 1.165) is 22.5 Å². The highest BCUT2D eigenvalue weighted by Gasteiger charge is 2.22. The molecule has 45 heavy (non-hydrogen) atoms. The summed E-state index contributed by atoms with van der Waals surface area (Å²) in [6.45, 7) is 0. The zero-order valence-electron chi connectivity index (χ0n) is 24.3. The van der Waals surface area contributed by atoms with E-state index in [4.69, 9.17) is 9.97 Å². The first-order chi connectivity index (χ1) is 22.3. The Balaban J connectivity index is 1.30. The Morgan fingerprint density at radius 2 is 0.978 bits per heavy atom. The largest absolute Gasteiger partial charge is 0.293 e. The Kier molecular flexibility index (Phi) is 5.00. The molecule has 3 heteroatoms. The van der Waals surface area contributed by atoms with E-state index in [0.29, 0.717) is 0 Å². The summed E-state index contributed by atoms with van der Waals surface area (Å²) in [5.74, 6) is 0. The molecule has 0 aliphatic rings. The average molecular weight is 572 g/mol. The second kappa shape index (κ2) is 9.22. The standard InChI is InChI=1S/C42H25N3/c1-2-11-26(12-3-1)37-21-20-27(25-44-37)39-30-14-4-6-16-32(30)40(33-17-7-5-15-31(33)39)28-23-35-29-13-8-9-19-38(29)45-41(35)36(24-28)34-18-10-22-43-42(34)45/h1-25H. The number of para-hydroxylation sites is 1. The van der Waals surface area contributed by atoms with Crippen molar-refractivity contribution >= 4 is 59.8 Å². The molecule has 0 fully saturated rings. The van der Waals surface area contributed by atoms with Gasteiger partial charge in [0.05, 0.1) is 16.7 Å². The SMILES string of the molecule is c1ccc(-c2ccc(-c3c4ccccc4c(-c4cc5c6ccccc6n6c7ncccc7c(c4)c56)c4ccccc34)cn2)cc1. The molecule has 0 saturated carbocycles. The Bertz CT molecular complexity index is 2600. The van der Waals surface area contributed by atoms with Crippen LogP contribution in [-0.4, -0.2) is 14.4 Å². The van der Waals surface area contributed by atoms with Gasteiger partial charge >= 0.3 is 0 Å². The van der Waals surface area contributed by atoms with Crippen molar-refractivity contribution in [3.8, 4) is 33.5 Å². The van der Waals surface area contributed by atoms with E-state index in [1.807, 2.05) is 24.5 Å². The van der Waals surface area contributed by atoms with E-state index >= 15 is 0 Å². The van der Waals surface area contributed by atoms with Crippen LogP contribution in [0.1, 0.15) is 0 Å². The molecule has 0 amide bonds. The van der Waals surface area contributed by atoms with Gasteiger partial charge in [-0.3, -0.25) is 9.38 Å². The average Bonchev–Trinajstić information content (AvgIpc) is 3.63. The molecule has 4 heterocycles. The van der Waals surface area contributed by atoms with Crippen molar-refractivity contribution < 1.29 is 0 Å². The summed E-state index contributed by atoms with van der Waals surface area (Å²) in [6.07, 6.45) is 3.93. The van der Waals surface area contributed by atoms with Crippen LogP contribution in [0.2, 0.25) is 0 Å². The Labute approximate surface area is 259 Å². The summed E-state index contributed by atoms with van der Waals surface area (Å²) in [7, 11) is 0. The van der Waals surface area contributed by atoms with E-state index < -0.39 is 0 Å². The fraction of sp³-hybridized carbons (Fsp3) is 0. The van der Waals surface area contributed by atoms with Gasteiger partial charge in [0, 0.05) is 45.1 Å². The van der Waals surface area contributed by atoms with Crippen LogP contribution in [0.4, 0.5) is 0 Å². The number of benzene rings is 6. The highest BCUT2D eigenvalue weighted by atomic mass is 15.0. The normalized spacial score (nSPS) is 12.0. The molecule has 0 atom stereocenters. The number of hydrogen-bond acceptors (Lipinski definition) is 2. The number of pyridine rings is 2. The molecular formula is C42H25N3. The van der Waals surface area contributed by atoms with Gasteiger partial charge in [0.2, 0.25) is 0 Å². The van der Waals surface area contributed by atoms with Gasteiger partial charge in [-0.2, -0.15) is 0 Å². The maximum absolute atomic E-state index is 4.92. The fourth-order valence-electron chi connectivity index (χ4n) is 7.52. The second-order valence-electron chi connectivity index (χ2n) is 11.8. The molecule has 0 spiro atoms.